The first-order valence-electron chi connectivity index (χ1n) is 13.2. The highest BCUT2D eigenvalue weighted by atomic mass is 35.5. The van der Waals surface area contributed by atoms with Crippen molar-refractivity contribution in [2.45, 2.75) is 44.8 Å². The molecule has 3 aromatic carbocycles. The molecule has 5 rings (SSSR count). The minimum absolute atomic E-state index is 0. The quantitative estimate of drug-likeness (QED) is 0.223. The molecule has 1 aliphatic heterocycles. The Hall–Kier alpha value is -2.81. The summed E-state index contributed by atoms with van der Waals surface area (Å²) in [5.41, 5.74) is 10.2. The standard InChI is InChI=1S/C31H37N5O2.3ClH/c1-31(2,32)23-9-5-21(6-10-23)20-36-17-15-24(16-18-36)33-30-28-19-26(38-4)13-14-27(28)29(34-35-30)22-7-11-25(37-3)12-8-22;;;/h5-14,19,24H,15-18,20,32H2,1-4H3,(H,33,35);3*1H. The minimum atomic E-state index is -0.313. The Balaban J connectivity index is 0.00000196. The maximum Gasteiger partial charge on any atom is 0.156 e. The van der Waals surface area contributed by atoms with Crippen molar-refractivity contribution >= 4 is 53.8 Å². The molecule has 0 amide bonds. The molecule has 1 aromatic heterocycles. The Labute approximate surface area is 261 Å². The zero-order valence-corrected chi connectivity index (χ0v) is 26.4. The second-order valence-corrected chi connectivity index (χ2v) is 10.7. The van der Waals surface area contributed by atoms with Crippen molar-refractivity contribution in [1.29, 1.82) is 0 Å². The molecular formula is C31H40Cl3N5O2. The lowest BCUT2D eigenvalue weighted by Crippen LogP contribution is -2.38. The monoisotopic (exact) mass is 619 g/mol. The third kappa shape index (κ3) is 8.15. The summed E-state index contributed by atoms with van der Waals surface area (Å²) in [7, 11) is 3.36. The van der Waals surface area contributed by atoms with Gasteiger partial charge in [-0.1, -0.05) is 24.3 Å². The van der Waals surface area contributed by atoms with Crippen LogP contribution in [-0.2, 0) is 12.1 Å². The summed E-state index contributed by atoms with van der Waals surface area (Å²) in [6, 6.07) is 23.0. The van der Waals surface area contributed by atoms with E-state index in [0.717, 1.165) is 77.4 Å². The summed E-state index contributed by atoms with van der Waals surface area (Å²) < 4.78 is 10.8. The van der Waals surface area contributed by atoms with Crippen molar-refractivity contribution in [3.8, 4) is 22.8 Å². The van der Waals surface area contributed by atoms with Crippen LogP contribution in [0.3, 0.4) is 0 Å². The van der Waals surface area contributed by atoms with Crippen molar-refractivity contribution in [2.75, 3.05) is 32.6 Å². The number of nitrogens with one attached hydrogen (secondary N) is 1. The summed E-state index contributed by atoms with van der Waals surface area (Å²) in [6.45, 7) is 7.08. The van der Waals surface area contributed by atoms with E-state index in [1.807, 2.05) is 50.2 Å². The number of nitrogens with two attached hydrogens (primary N) is 1. The molecule has 0 bridgehead atoms. The van der Waals surface area contributed by atoms with Gasteiger partial charge < -0.3 is 20.5 Å². The molecule has 1 fully saturated rings. The molecule has 0 atom stereocenters. The van der Waals surface area contributed by atoms with E-state index in [-0.39, 0.29) is 42.8 Å². The van der Waals surface area contributed by atoms with Gasteiger partial charge in [-0.05, 0) is 80.3 Å². The largest absolute Gasteiger partial charge is 0.497 e. The number of hydrogen-bond acceptors (Lipinski definition) is 7. The van der Waals surface area contributed by atoms with Crippen LogP contribution in [0, 0.1) is 0 Å². The number of halogens is 3. The van der Waals surface area contributed by atoms with Gasteiger partial charge >= 0.3 is 0 Å². The Morgan fingerprint density at radius 2 is 1.44 bits per heavy atom. The van der Waals surface area contributed by atoms with Gasteiger partial charge in [0.1, 0.15) is 17.2 Å². The summed E-state index contributed by atoms with van der Waals surface area (Å²) in [5.74, 6) is 2.41. The number of ether oxygens (including phenoxy) is 2. The molecule has 0 saturated carbocycles. The summed E-state index contributed by atoms with van der Waals surface area (Å²) in [4.78, 5) is 2.51. The molecule has 222 valence electrons. The fourth-order valence-corrected chi connectivity index (χ4v) is 5.06. The number of piperidine rings is 1. The molecule has 0 radical (unpaired) electrons. The van der Waals surface area contributed by atoms with Crippen LogP contribution in [-0.4, -0.2) is 48.4 Å². The van der Waals surface area contributed by atoms with Crippen LogP contribution in [0.5, 0.6) is 11.5 Å². The molecule has 10 heteroatoms. The molecule has 3 N–H and O–H groups in total. The number of rotatable bonds is 8. The maximum absolute atomic E-state index is 6.23. The highest BCUT2D eigenvalue weighted by Gasteiger charge is 2.22. The van der Waals surface area contributed by atoms with E-state index >= 15 is 0 Å². The summed E-state index contributed by atoms with van der Waals surface area (Å²) in [5, 5.41) is 15.0. The third-order valence-corrected chi connectivity index (χ3v) is 7.38. The lowest BCUT2D eigenvalue weighted by atomic mass is 9.94. The molecule has 7 nitrogen and oxygen atoms in total. The molecule has 0 unspecified atom stereocenters. The van der Waals surface area contributed by atoms with Crippen molar-refractivity contribution < 1.29 is 9.47 Å². The number of nitrogens with zero attached hydrogens (tertiary/aromatic N) is 3. The van der Waals surface area contributed by atoms with E-state index in [1.54, 1.807) is 14.2 Å². The zero-order valence-electron chi connectivity index (χ0n) is 23.9. The molecule has 2 heterocycles. The minimum Gasteiger partial charge on any atom is -0.497 e. The first-order valence-corrected chi connectivity index (χ1v) is 13.2. The number of benzene rings is 3. The van der Waals surface area contributed by atoms with Crippen LogP contribution in [0.2, 0.25) is 0 Å². The third-order valence-electron chi connectivity index (χ3n) is 7.38. The smallest absolute Gasteiger partial charge is 0.156 e. The highest BCUT2D eigenvalue weighted by Crippen LogP contribution is 2.34. The summed E-state index contributed by atoms with van der Waals surface area (Å²) >= 11 is 0. The molecule has 0 aliphatic carbocycles. The Kier molecular flexibility index (Phi) is 12.5. The van der Waals surface area contributed by atoms with E-state index in [9.17, 15) is 0 Å². The van der Waals surface area contributed by atoms with E-state index in [2.05, 4.69) is 50.7 Å². The van der Waals surface area contributed by atoms with Crippen LogP contribution >= 0.6 is 37.2 Å². The topological polar surface area (TPSA) is 85.5 Å². The van der Waals surface area contributed by atoms with E-state index in [0.29, 0.717) is 6.04 Å². The summed E-state index contributed by atoms with van der Waals surface area (Å²) in [6.07, 6.45) is 2.09. The van der Waals surface area contributed by atoms with Crippen LogP contribution in [0.4, 0.5) is 5.82 Å². The lowest BCUT2D eigenvalue weighted by Gasteiger charge is -2.33. The maximum atomic E-state index is 6.23. The van der Waals surface area contributed by atoms with Gasteiger partial charge in [0.25, 0.3) is 0 Å². The van der Waals surface area contributed by atoms with Gasteiger partial charge in [0.2, 0.25) is 0 Å². The van der Waals surface area contributed by atoms with Gasteiger partial charge in [-0.25, -0.2) is 0 Å². The van der Waals surface area contributed by atoms with Crippen LogP contribution in [0.25, 0.3) is 22.0 Å². The van der Waals surface area contributed by atoms with Crippen molar-refractivity contribution in [3.63, 3.8) is 0 Å². The number of aromatic nitrogens is 2. The molecule has 1 saturated heterocycles. The average Bonchev–Trinajstić information content (AvgIpc) is 2.94. The van der Waals surface area contributed by atoms with Gasteiger partial charge in [-0.3, -0.25) is 4.90 Å². The highest BCUT2D eigenvalue weighted by molar-refractivity contribution is 6.00. The van der Waals surface area contributed by atoms with E-state index in [4.69, 9.17) is 15.2 Å². The molecule has 1 aliphatic rings. The number of methoxy groups -OCH3 is 2. The molecule has 41 heavy (non-hydrogen) atoms. The second kappa shape index (κ2) is 14.9. The SMILES string of the molecule is COc1ccc(-c2nnc(NC3CCN(Cc4ccc(C(C)(C)N)cc4)CC3)c3cc(OC)ccc23)cc1.Cl.Cl.Cl. The van der Waals surface area contributed by atoms with Crippen molar-refractivity contribution in [3.05, 3.63) is 77.9 Å². The number of likely N-dealkylation sites (tertiary alicyclic amines) is 1. The fraction of sp³-hybridized carbons (Fsp3) is 0.355. The number of fused-ring (bicyclic) bond motifs is 1. The lowest BCUT2D eigenvalue weighted by molar-refractivity contribution is 0.211. The van der Waals surface area contributed by atoms with Gasteiger partial charge in [-0.15, -0.1) is 47.4 Å². The average molecular weight is 621 g/mol. The molecular weight excluding hydrogens is 581 g/mol. The predicted octanol–water partition coefficient (Wildman–Crippen LogP) is 6.85. The first-order chi connectivity index (χ1) is 18.3. The first kappa shape index (κ1) is 34.4. The molecule has 0 spiro atoms. The fourth-order valence-electron chi connectivity index (χ4n) is 5.06. The Bertz CT molecular complexity index is 1390. The van der Waals surface area contributed by atoms with Gasteiger partial charge in [-0.2, -0.15) is 0 Å². The Morgan fingerprint density at radius 1 is 0.829 bits per heavy atom. The normalized spacial score (nSPS) is 13.9. The van der Waals surface area contributed by atoms with E-state index < -0.39 is 0 Å². The van der Waals surface area contributed by atoms with Crippen LogP contribution in [0.15, 0.2) is 66.7 Å². The Morgan fingerprint density at radius 3 is 2.02 bits per heavy atom. The van der Waals surface area contributed by atoms with E-state index in [1.165, 1.54) is 5.56 Å². The van der Waals surface area contributed by atoms with Gasteiger partial charge in [0.05, 0.1) is 14.2 Å². The predicted molar refractivity (Wildman–Crippen MR) is 175 cm³/mol. The van der Waals surface area contributed by atoms with Crippen LogP contribution < -0.4 is 20.5 Å². The molecule has 4 aromatic rings. The van der Waals surface area contributed by atoms with Crippen LogP contribution in [0.1, 0.15) is 37.8 Å². The number of hydrogen-bond donors (Lipinski definition) is 2. The number of anilines is 1. The van der Waals surface area contributed by atoms with Gasteiger partial charge in [0.15, 0.2) is 5.82 Å². The zero-order chi connectivity index (χ0) is 26.7. The van der Waals surface area contributed by atoms with Crippen molar-refractivity contribution in [2.24, 2.45) is 5.73 Å². The second-order valence-electron chi connectivity index (χ2n) is 10.7. The van der Waals surface area contributed by atoms with Gasteiger partial charge in [0, 0.05) is 47.6 Å². The van der Waals surface area contributed by atoms with Crippen molar-refractivity contribution in [1.82, 2.24) is 15.1 Å².